The first-order valence-corrected chi connectivity index (χ1v) is 9.98. The second-order valence-corrected chi connectivity index (χ2v) is 7.15. The molecule has 0 saturated carbocycles. The Balaban J connectivity index is 1.38. The lowest BCUT2D eigenvalue weighted by Gasteiger charge is -2.36. The van der Waals surface area contributed by atoms with E-state index in [0.29, 0.717) is 23.6 Å². The van der Waals surface area contributed by atoms with Crippen molar-refractivity contribution in [2.75, 3.05) is 44.2 Å². The van der Waals surface area contributed by atoms with Crippen LogP contribution in [0.5, 0.6) is 5.75 Å². The van der Waals surface area contributed by atoms with Crippen molar-refractivity contribution in [1.82, 2.24) is 4.90 Å². The Morgan fingerprint density at radius 2 is 1.63 bits per heavy atom. The van der Waals surface area contributed by atoms with Gasteiger partial charge in [0.05, 0.1) is 13.0 Å². The number of benzene rings is 2. The standard InChI is InChI=1S/C23H25N3O4/c1-24-19-4-6-20(7-5-19)26-14-12-25(13-15-26)16-17-30-21-8-2-18(3-9-21)22(27)10-11-23(28)29/h2-9H,10-17H2,(H,28,29). The van der Waals surface area contributed by atoms with Crippen LogP contribution in [-0.2, 0) is 4.79 Å². The quantitative estimate of drug-likeness (QED) is 0.507. The molecule has 30 heavy (non-hydrogen) atoms. The lowest BCUT2D eigenvalue weighted by atomic mass is 10.1. The van der Waals surface area contributed by atoms with Crippen molar-refractivity contribution < 1.29 is 19.4 Å². The van der Waals surface area contributed by atoms with Crippen molar-refractivity contribution in [3.05, 3.63) is 65.5 Å². The summed E-state index contributed by atoms with van der Waals surface area (Å²) in [6.07, 6.45) is -0.151. The normalized spacial score (nSPS) is 14.2. The van der Waals surface area contributed by atoms with Gasteiger partial charge in [-0.2, -0.15) is 0 Å². The summed E-state index contributed by atoms with van der Waals surface area (Å²) in [6, 6.07) is 14.6. The summed E-state index contributed by atoms with van der Waals surface area (Å²) in [5.41, 5.74) is 2.31. The molecular formula is C23H25N3O4. The predicted molar refractivity (Wildman–Crippen MR) is 114 cm³/mol. The van der Waals surface area contributed by atoms with Gasteiger partial charge in [-0.05, 0) is 36.4 Å². The number of aliphatic carboxylic acids is 1. The molecule has 7 heteroatoms. The molecule has 0 amide bonds. The molecule has 3 rings (SSSR count). The molecule has 1 aliphatic rings. The van der Waals surface area contributed by atoms with Gasteiger partial charge in [0, 0.05) is 50.4 Å². The minimum atomic E-state index is -0.970. The fraction of sp³-hybridized carbons (Fsp3) is 0.348. The third-order valence-corrected chi connectivity index (χ3v) is 5.13. The maximum atomic E-state index is 11.9. The van der Waals surface area contributed by atoms with E-state index < -0.39 is 5.97 Å². The van der Waals surface area contributed by atoms with Gasteiger partial charge in [0.15, 0.2) is 11.5 Å². The summed E-state index contributed by atoms with van der Waals surface area (Å²) in [4.78, 5) is 30.6. The van der Waals surface area contributed by atoms with Crippen LogP contribution < -0.4 is 9.64 Å². The highest BCUT2D eigenvalue weighted by Gasteiger charge is 2.17. The van der Waals surface area contributed by atoms with Crippen molar-refractivity contribution in [3.63, 3.8) is 0 Å². The Morgan fingerprint density at radius 3 is 2.23 bits per heavy atom. The summed E-state index contributed by atoms with van der Waals surface area (Å²) in [5, 5.41) is 8.66. The summed E-state index contributed by atoms with van der Waals surface area (Å²) < 4.78 is 5.79. The van der Waals surface area contributed by atoms with Crippen molar-refractivity contribution in [1.29, 1.82) is 0 Å². The number of Topliss-reactive ketones (excluding diaryl/α,β-unsaturated/α-hetero) is 1. The number of carbonyl (C=O) groups is 2. The zero-order chi connectivity index (χ0) is 21.3. The maximum Gasteiger partial charge on any atom is 0.303 e. The Bertz CT molecular complexity index is 896. The predicted octanol–water partition coefficient (Wildman–Crippen LogP) is 3.49. The van der Waals surface area contributed by atoms with Crippen LogP contribution >= 0.6 is 0 Å². The maximum absolute atomic E-state index is 11.9. The van der Waals surface area contributed by atoms with E-state index >= 15 is 0 Å². The molecule has 0 aromatic heterocycles. The first-order valence-electron chi connectivity index (χ1n) is 9.98. The van der Waals surface area contributed by atoms with Crippen LogP contribution in [0, 0.1) is 6.57 Å². The highest BCUT2D eigenvalue weighted by atomic mass is 16.5. The van der Waals surface area contributed by atoms with Gasteiger partial charge in [0.1, 0.15) is 12.4 Å². The van der Waals surface area contributed by atoms with Crippen LogP contribution in [0.2, 0.25) is 0 Å². The molecule has 0 unspecified atom stereocenters. The largest absolute Gasteiger partial charge is 0.492 e. The second-order valence-electron chi connectivity index (χ2n) is 7.15. The molecule has 1 fully saturated rings. The molecular weight excluding hydrogens is 382 g/mol. The molecule has 1 heterocycles. The number of carboxylic acid groups (broad SMARTS) is 1. The molecule has 1 N–H and O–H groups in total. The number of piperazine rings is 1. The third-order valence-electron chi connectivity index (χ3n) is 5.13. The molecule has 0 spiro atoms. The molecule has 1 aliphatic heterocycles. The SMILES string of the molecule is [C-]#[N+]c1ccc(N2CCN(CCOc3ccc(C(=O)CCC(=O)O)cc3)CC2)cc1. The minimum absolute atomic E-state index is 0.00518. The van der Waals surface area contributed by atoms with E-state index in [1.54, 1.807) is 24.3 Å². The molecule has 1 saturated heterocycles. The fourth-order valence-corrected chi connectivity index (χ4v) is 3.36. The average Bonchev–Trinajstić information content (AvgIpc) is 2.78. The Hall–Kier alpha value is -3.37. The number of anilines is 1. The average molecular weight is 407 g/mol. The number of nitrogens with zero attached hydrogens (tertiary/aromatic N) is 3. The van der Waals surface area contributed by atoms with Crippen molar-refractivity contribution in [2.24, 2.45) is 0 Å². The van der Waals surface area contributed by atoms with Crippen molar-refractivity contribution >= 4 is 23.1 Å². The van der Waals surface area contributed by atoms with E-state index in [1.165, 1.54) is 0 Å². The fourth-order valence-electron chi connectivity index (χ4n) is 3.36. The molecule has 0 atom stereocenters. The number of hydrogen-bond acceptors (Lipinski definition) is 5. The van der Waals surface area contributed by atoms with Gasteiger partial charge in [-0.15, -0.1) is 0 Å². The summed E-state index contributed by atoms with van der Waals surface area (Å²) in [7, 11) is 0. The molecule has 7 nitrogen and oxygen atoms in total. The zero-order valence-electron chi connectivity index (χ0n) is 16.8. The smallest absolute Gasteiger partial charge is 0.303 e. The van der Waals surface area contributed by atoms with E-state index in [9.17, 15) is 9.59 Å². The Kier molecular flexibility index (Phi) is 7.41. The van der Waals surface area contributed by atoms with E-state index in [-0.39, 0.29) is 18.6 Å². The van der Waals surface area contributed by atoms with Crippen LogP contribution in [-0.4, -0.2) is 61.1 Å². The lowest BCUT2D eigenvalue weighted by Crippen LogP contribution is -2.47. The zero-order valence-corrected chi connectivity index (χ0v) is 16.8. The number of carbonyl (C=O) groups excluding carboxylic acids is 1. The third kappa shape index (κ3) is 6.06. The van der Waals surface area contributed by atoms with E-state index in [0.717, 1.165) is 38.4 Å². The van der Waals surface area contributed by atoms with Gasteiger partial charge in [0.2, 0.25) is 0 Å². The summed E-state index contributed by atoms with van der Waals surface area (Å²) in [5.74, 6) is -0.448. The van der Waals surface area contributed by atoms with Gasteiger partial charge in [-0.25, -0.2) is 4.85 Å². The Labute approximate surface area is 176 Å². The molecule has 2 aromatic carbocycles. The topological polar surface area (TPSA) is 74.4 Å². The molecule has 0 radical (unpaired) electrons. The monoisotopic (exact) mass is 407 g/mol. The van der Waals surface area contributed by atoms with Crippen LogP contribution in [0.1, 0.15) is 23.2 Å². The van der Waals surface area contributed by atoms with E-state index in [2.05, 4.69) is 14.6 Å². The van der Waals surface area contributed by atoms with Gasteiger partial charge in [-0.3, -0.25) is 14.5 Å². The number of hydrogen-bond donors (Lipinski definition) is 1. The number of rotatable bonds is 9. The van der Waals surface area contributed by atoms with Crippen molar-refractivity contribution in [2.45, 2.75) is 12.8 Å². The molecule has 2 aromatic rings. The summed E-state index contributed by atoms with van der Waals surface area (Å²) >= 11 is 0. The van der Waals surface area contributed by atoms with Gasteiger partial charge in [0.25, 0.3) is 0 Å². The molecule has 0 bridgehead atoms. The van der Waals surface area contributed by atoms with Crippen LogP contribution in [0.3, 0.4) is 0 Å². The number of ketones is 1. The number of ether oxygens (including phenoxy) is 1. The lowest BCUT2D eigenvalue weighted by molar-refractivity contribution is -0.136. The van der Waals surface area contributed by atoms with Crippen LogP contribution in [0.15, 0.2) is 48.5 Å². The van der Waals surface area contributed by atoms with Crippen LogP contribution in [0.4, 0.5) is 11.4 Å². The molecule has 156 valence electrons. The first-order chi connectivity index (χ1) is 14.5. The van der Waals surface area contributed by atoms with Crippen molar-refractivity contribution in [3.8, 4) is 5.75 Å². The van der Waals surface area contributed by atoms with Gasteiger partial charge < -0.3 is 14.7 Å². The summed E-state index contributed by atoms with van der Waals surface area (Å²) in [6.45, 7) is 12.2. The Morgan fingerprint density at radius 1 is 0.967 bits per heavy atom. The van der Waals surface area contributed by atoms with Gasteiger partial charge in [-0.1, -0.05) is 12.1 Å². The highest BCUT2D eigenvalue weighted by molar-refractivity contribution is 5.97. The van der Waals surface area contributed by atoms with E-state index in [1.807, 2.05) is 24.3 Å². The second kappa shape index (κ2) is 10.4. The van der Waals surface area contributed by atoms with E-state index in [4.69, 9.17) is 16.4 Å². The minimum Gasteiger partial charge on any atom is -0.492 e. The van der Waals surface area contributed by atoms with Crippen LogP contribution in [0.25, 0.3) is 4.85 Å². The molecule has 0 aliphatic carbocycles. The first kappa shape index (κ1) is 21.3. The highest BCUT2D eigenvalue weighted by Crippen LogP contribution is 2.21. The number of carboxylic acids is 1. The van der Waals surface area contributed by atoms with Gasteiger partial charge >= 0.3 is 5.97 Å².